The Bertz CT molecular complexity index is 938. The van der Waals surface area contributed by atoms with E-state index in [1.54, 1.807) is 24.3 Å². The number of aromatic nitrogens is 2. The Kier molecular flexibility index (Phi) is 4.49. The van der Waals surface area contributed by atoms with Gasteiger partial charge in [0.2, 0.25) is 0 Å². The highest BCUT2D eigenvalue weighted by molar-refractivity contribution is 6.31. The molecule has 1 amide bonds. The van der Waals surface area contributed by atoms with Gasteiger partial charge in [0.15, 0.2) is 5.82 Å². The van der Waals surface area contributed by atoms with E-state index in [4.69, 9.17) is 11.6 Å². The van der Waals surface area contributed by atoms with E-state index in [1.165, 1.54) is 5.56 Å². The largest absolute Gasteiger partial charge is 0.305 e. The van der Waals surface area contributed by atoms with Crippen molar-refractivity contribution >= 4 is 23.3 Å². The van der Waals surface area contributed by atoms with Crippen molar-refractivity contribution in [3.63, 3.8) is 0 Å². The Morgan fingerprint density at radius 3 is 2.77 bits per heavy atom. The van der Waals surface area contributed by atoms with Crippen molar-refractivity contribution < 1.29 is 4.79 Å². The summed E-state index contributed by atoms with van der Waals surface area (Å²) in [7, 11) is 0. The molecule has 2 N–H and O–H groups in total. The second-order valence-corrected chi connectivity index (χ2v) is 6.92. The number of aromatic amines is 1. The number of hydrogen-bond acceptors (Lipinski definition) is 3. The quantitative estimate of drug-likeness (QED) is 0.719. The summed E-state index contributed by atoms with van der Waals surface area (Å²) in [5, 5.41) is 10.8. The first-order valence-electron chi connectivity index (χ1n) is 8.54. The Balaban J connectivity index is 1.49. The van der Waals surface area contributed by atoms with E-state index in [2.05, 4.69) is 51.6 Å². The van der Waals surface area contributed by atoms with Crippen molar-refractivity contribution in [2.24, 2.45) is 0 Å². The molecule has 0 spiro atoms. The number of benzene rings is 2. The summed E-state index contributed by atoms with van der Waals surface area (Å²) >= 11 is 5.97. The van der Waals surface area contributed by atoms with Crippen LogP contribution in [0.4, 0.5) is 5.82 Å². The van der Waals surface area contributed by atoms with Gasteiger partial charge in [-0.3, -0.25) is 14.8 Å². The Morgan fingerprint density at radius 1 is 1.19 bits per heavy atom. The zero-order valence-electron chi connectivity index (χ0n) is 14.4. The van der Waals surface area contributed by atoms with Gasteiger partial charge >= 0.3 is 0 Å². The molecule has 1 atom stereocenters. The van der Waals surface area contributed by atoms with E-state index in [9.17, 15) is 4.79 Å². The zero-order chi connectivity index (χ0) is 18.1. The van der Waals surface area contributed by atoms with Crippen molar-refractivity contribution in [2.75, 3.05) is 5.32 Å². The molecular weight excluding hydrogens is 348 g/mol. The summed E-state index contributed by atoms with van der Waals surface area (Å²) in [6.45, 7) is 3.72. The van der Waals surface area contributed by atoms with Crippen molar-refractivity contribution in [1.82, 2.24) is 15.1 Å². The molecule has 0 fully saturated rings. The van der Waals surface area contributed by atoms with Gasteiger partial charge in [-0.05, 0) is 30.7 Å². The molecule has 0 aliphatic carbocycles. The highest BCUT2D eigenvalue weighted by Gasteiger charge is 2.29. The standard InChI is InChI=1S/C20H19ClN4O/c1-13(14-6-3-2-4-7-14)25-11-17-18(12-25)23-24-19(17)22-20(26)15-8-5-9-16(21)10-15/h2-10,13H,11-12H2,1H3,(H2,22,23,24,26). The maximum atomic E-state index is 12.5. The molecule has 0 bridgehead atoms. The maximum absolute atomic E-state index is 12.5. The number of H-pyrrole nitrogens is 1. The number of fused-ring (bicyclic) bond motifs is 1. The lowest BCUT2D eigenvalue weighted by atomic mass is 10.1. The smallest absolute Gasteiger partial charge is 0.256 e. The fourth-order valence-electron chi connectivity index (χ4n) is 3.29. The van der Waals surface area contributed by atoms with Crippen LogP contribution in [0.2, 0.25) is 5.02 Å². The highest BCUT2D eigenvalue weighted by atomic mass is 35.5. The van der Waals surface area contributed by atoms with Crippen LogP contribution in [0.1, 0.15) is 40.1 Å². The third-order valence-corrected chi connectivity index (χ3v) is 5.06. The number of nitrogens with zero attached hydrogens (tertiary/aromatic N) is 2. The van der Waals surface area contributed by atoms with Gasteiger partial charge in [0, 0.05) is 35.3 Å². The predicted octanol–water partition coefficient (Wildman–Crippen LogP) is 4.39. The minimum Gasteiger partial charge on any atom is -0.305 e. The molecule has 1 unspecified atom stereocenters. The lowest BCUT2D eigenvalue weighted by Gasteiger charge is -2.24. The molecule has 2 heterocycles. The highest BCUT2D eigenvalue weighted by Crippen LogP contribution is 2.33. The van der Waals surface area contributed by atoms with Crippen LogP contribution in [0, 0.1) is 0 Å². The number of anilines is 1. The number of carbonyl (C=O) groups is 1. The summed E-state index contributed by atoms with van der Waals surface area (Å²) in [6.07, 6.45) is 0. The second-order valence-electron chi connectivity index (χ2n) is 6.49. The fourth-order valence-corrected chi connectivity index (χ4v) is 3.48. The van der Waals surface area contributed by atoms with Crippen molar-refractivity contribution in [2.45, 2.75) is 26.1 Å². The minimum atomic E-state index is -0.212. The summed E-state index contributed by atoms with van der Waals surface area (Å²) in [4.78, 5) is 14.8. The monoisotopic (exact) mass is 366 g/mol. The van der Waals surface area contributed by atoms with Gasteiger partial charge in [-0.2, -0.15) is 5.10 Å². The van der Waals surface area contributed by atoms with Gasteiger partial charge in [-0.1, -0.05) is 48.0 Å². The zero-order valence-corrected chi connectivity index (χ0v) is 15.1. The lowest BCUT2D eigenvalue weighted by molar-refractivity contribution is 0.102. The first-order chi connectivity index (χ1) is 12.6. The van der Waals surface area contributed by atoms with Gasteiger partial charge in [-0.25, -0.2) is 0 Å². The number of halogens is 1. The van der Waals surface area contributed by atoms with E-state index < -0.39 is 0 Å². The van der Waals surface area contributed by atoms with E-state index in [1.807, 2.05) is 6.07 Å². The van der Waals surface area contributed by atoms with Gasteiger partial charge in [0.25, 0.3) is 5.91 Å². The summed E-state index contributed by atoms with van der Waals surface area (Å²) in [6, 6.07) is 17.6. The molecule has 2 aromatic carbocycles. The van der Waals surface area contributed by atoms with Gasteiger partial charge in [-0.15, -0.1) is 0 Å². The fraction of sp³-hybridized carbons (Fsp3) is 0.200. The Morgan fingerprint density at radius 2 is 2.00 bits per heavy atom. The van der Waals surface area contributed by atoms with Crippen LogP contribution in [0.15, 0.2) is 54.6 Å². The van der Waals surface area contributed by atoms with Gasteiger partial charge < -0.3 is 5.32 Å². The third-order valence-electron chi connectivity index (χ3n) is 4.82. The molecule has 1 aromatic heterocycles. The summed E-state index contributed by atoms with van der Waals surface area (Å²) in [5.74, 6) is 0.379. The van der Waals surface area contributed by atoms with Crippen molar-refractivity contribution in [3.05, 3.63) is 82.0 Å². The minimum absolute atomic E-state index is 0.212. The van der Waals surface area contributed by atoms with Gasteiger partial charge in [0.1, 0.15) is 0 Å². The SMILES string of the molecule is CC(c1ccccc1)N1Cc2[nH]nc(NC(=O)c3cccc(Cl)c3)c2C1. The predicted molar refractivity (Wildman–Crippen MR) is 102 cm³/mol. The molecule has 5 nitrogen and oxygen atoms in total. The molecule has 1 aliphatic heterocycles. The van der Waals surface area contributed by atoms with Crippen molar-refractivity contribution in [3.8, 4) is 0 Å². The molecule has 132 valence electrons. The number of carbonyl (C=O) groups excluding carboxylic acids is 1. The average molecular weight is 367 g/mol. The van der Waals surface area contributed by atoms with E-state index in [0.717, 1.165) is 24.3 Å². The molecule has 3 aromatic rings. The van der Waals surface area contributed by atoms with E-state index >= 15 is 0 Å². The third kappa shape index (κ3) is 3.23. The second kappa shape index (κ2) is 6.94. The van der Waals surface area contributed by atoms with E-state index in [-0.39, 0.29) is 11.9 Å². The molecule has 0 saturated heterocycles. The molecule has 4 rings (SSSR count). The van der Waals surface area contributed by atoms with Gasteiger partial charge in [0.05, 0.1) is 5.69 Å². The van der Waals surface area contributed by atoms with E-state index in [0.29, 0.717) is 16.4 Å². The number of hydrogen-bond donors (Lipinski definition) is 2. The Labute approximate surface area is 157 Å². The summed E-state index contributed by atoms with van der Waals surface area (Å²) in [5.41, 5.74) is 3.88. The molecule has 0 radical (unpaired) electrons. The number of nitrogens with one attached hydrogen (secondary N) is 2. The van der Waals surface area contributed by atoms with Crippen LogP contribution in [0.3, 0.4) is 0 Å². The van der Waals surface area contributed by atoms with Crippen LogP contribution < -0.4 is 5.32 Å². The molecule has 26 heavy (non-hydrogen) atoms. The van der Waals surface area contributed by atoms with Crippen LogP contribution in [0.5, 0.6) is 0 Å². The van der Waals surface area contributed by atoms with Crippen LogP contribution >= 0.6 is 11.6 Å². The van der Waals surface area contributed by atoms with Crippen LogP contribution in [-0.2, 0) is 13.1 Å². The topological polar surface area (TPSA) is 61.0 Å². The normalized spacial score (nSPS) is 14.8. The number of amides is 1. The Hall–Kier alpha value is -2.63. The summed E-state index contributed by atoms with van der Waals surface area (Å²) < 4.78 is 0. The first kappa shape index (κ1) is 16.8. The average Bonchev–Trinajstić information content (AvgIpc) is 3.24. The molecule has 1 aliphatic rings. The first-order valence-corrected chi connectivity index (χ1v) is 8.91. The molecule has 6 heteroatoms. The lowest BCUT2D eigenvalue weighted by Crippen LogP contribution is -2.22. The molecule has 0 saturated carbocycles. The molecular formula is C20H19ClN4O. The maximum Gasteiger partial charge on any atom is 0.256 e. The van der Waals surface area contributed by atoms with Crippen molar-refractivity contribution in [1.29, 1.82) is 0 Å². The van der Waals surface area contributed by atoms with Crippen LogP contribution in [-0.4, -0.2) is 21.0 Å². The number of rotatable bonds is 4. The van der Waals surface area contributed by atoms with Crippen LogP contribution in [0.25, 0.3) is 0 Å².